The van der Waals surface area contributed by atoms with E-state index in [9.17, 15) is 22.4 Å². The summed E-state index contributed by atoms with van der Waals surface area (Å²) in [7, 11) is 1.69. The number of ether oxygens (including phenoxy) is 1. The summed E-state index contributed by atoms with van der Waals surface area (Å²) in [6, 6.07) is 4.09. The van der Waals surface area contributed by atoms with Crippen molar-refractivity contribution in [3.05, 3.63) is 34.6 Å². The van der Waals surface area contributed by atoms with Crippen molar-refractivity contribution in [3.8, 4) is 0 Å². The third-order valence-electron chi connectivity index (χ3n) is 3.96. The summed E-state index contributed by atoms with van der Waals surface area (Å²) in [6.07, 6.45) is -4.03. The molecule has 6 nitrogen and oxygen atoms in total. The summed E-state index contributed by atoms with van der Waals surface area (Å²) < 4.78 is 50.1. The predicted octanol–water partition coefficient (Wildman–Crippen LogP) is 2.81. The second-order valence-electron chi connectivity index (χ2n) is 6.09. The number of carboxylic acid groups (broad SMARTS) is 1. The number of carbonyl (C=O) groups is 2. The van der Waals surface area contributed by atoms with E-state index in [1.165, 1.54) is 12.1 Å². The van der Waals surface area contributed by atoms with E-state index in [2.05, 4.69) is 10.2 Å². The molecule has 1 fully saturated rings. The largest absolute Gasteiger partial charge is 0.490 e. The first-order valence-corrected chi connectivity index (χ1v) is 8.67. The second kappa shape index (κ2) is 11.2. The van der Waals surface area contributed by atoms with Crippen LogP contribution in [0.2, 0.25) is 5.02 Å². The van der Waals surface area contributed by atoms with E-state index in [0.29, 0.717) is 18.0 Å². The lowest BCUT2D eigenvalue weighted by Crippen LogP contribution is -2.31. The maximum Gasteiger partial charge on any atom is 0.490 e. The van der Waals surface area contributed by atoms with Crippen molar-refractivity contribution < 1.29 is 37.0 Å². The van der Waals surface area contributed by atoms with Crippen LogP contribution in [0.25, 0.3) is 0 Å². The van der Waals surface area contributed by atoms with Crippen LogP contribution in [0, 0.1) is 11.7 Å². The molecule has 1 aliphatic rings. The highest BCUT2D eigenvalue weighted by Gasteiger charge is 2.38. The van der Waals surface area contributed by atoms with Gasteiger partial charge in [-0.1, -0.05) is 11.6 Å². The Kier molecular flexibility index (Phi) is 9.63. The van der Waals surface area contributed by atoms with Gasteiger partial charge in [-0.15, -0.1) is 0 Å². The summed E-state index contributed by atoms with van der Waals surface area (Å²) in [5, 5.41) is 10.0. The highest BCUT2D eigenvalue weighted by Crippen LogP contribution is 2.17. The summed E-state index contributed by atoms with van der Waals surface area (Å²) in [4.78, 5) is 23.2. The first kappa shape index (κ1) is 24.1. The Balaban J connectivity index is 0.000000480. The van der Waals surface area contributed by atoms with Crippen LogP contribution in [0.5, 0.6) is 0 Å². The van der Waals surface area contributed by atoms with Crippen molar-refractivity contribution in [2.75, 3.05) is 39.9 Å². The molecule has 158 valence electrons. The lowest BCUT2D eigenvalue weighted by molar-refractivity contribution is -0.192. The molecule has 0 bridgehead atoms. The van der Waals surface area contributed by atoms with Crippen molar-refractivity contribution in [1.29, 1.82) is 0 Å². The maximum atomic E-state index is 13.3. The van der Waals surface area contributed by atoms with E-state index in [-0.39, 0.29) is 10.9 Å². The number of likely N-dealkylation sites (tertiary alicyclic amines) is 1. The fourth-order valence-electron chi connectivity index (χ4n) is 2.48. The van der Waals surface area contributed by atoms with Crippen LogP contribution in [-0.4, -0.2) is 68.0 Å². The molecule has 28 heavy (non-hydrogen) atoms. The minimum Gasteiger partial charge on any atom is -0.475 e. The monoisotopic (exact) mass is 428 g/mol. The molecule has 2 rings (SSSR count). The molecule has 1 amide bonds. The number of methoxy groups -OCH3 is 1. The first-order chi connectivity index (χ1) is 13.0. The fraction of sp³-hybridized carbons (Fsp3) is 0.529. The molecule has 1 saturated heterocycles. The number of hydrogen-bond acceptors (Lipinski definition) is 4. The molecule has 2 N–H and O–H groups in total. The third kappa shape index (κ3) is 8.41. The first-order valence-electron chi connectivity index (χ1n) is 8.29. The van der Waals surface area contributed by atoms with Crippen LogP contribution in [0.3, 0.4) is 0 Å². The number of nitrogens with one attached hydrogen (secondary N) is 1. The molecule has 0 aromatic heterocycles. The molecule has 1 aromatic carbocycles. The van der Waals surface area contributed by atoms with Crippen molar-refractivity contribution in [2.24, 2.45) is 5.92 Å². The summed E-state index contributed by atoms with van der Waals surface area (Å²) >= 11 is 5.60. The number of aliphatic carboxylic acids is 1. The van der Waals surface area contributed by atoms with Gasteiger partial charge in [0, 0.05) is 32.3 Å². The van der Waals surface area contributed by atoms with Gasteiger partial charge in [-0.05, 0) is 37.1 Å². The SMILES string of the molecule is COCCN1CCC(CNC(=O)c2ccc(Cl)c(F)c2)C1.O=C(O)C(F)(F)F. The number of amides is 1. The Labute approximate surface area is 164 Å². The number of carbonyl (C=O) groups excluding carboxylic acids is 1. The Morgan fingerprint density at radius 3 is 2.57 bits per heavy atom. The quantitative estimate of drug-likeness (QED) is 0.681. The highest BCUT2D eigenvalue weighted by atomic mass is 35.5. The van der Waals surface area contributed by atoms with Crippen LogP contribution in [0.1, 0.15) is 16.8 Å². The lowest BCUT2D eigenvalue weighted by atomic mass is 10.1. The van der Waals surface area contributed by atoms with Crippen molar-refractivity contribution in [2.45, 2.75) is 12.6 Å². The standard InChI is InChI=1S/C15H20ClFN2O2.C2HF3O2/c1-21-7-6-19-5-4-11(10-19)9-18-15(20)12-2-3-13(16)14(17)8-12;3-2(4,5)1(6)7/h2-3,8,11H,4-7,9-10H2,1H3,(H,18,20);(H,6,7). The number of carboxylic acids is 1. The number of nitrogens with zero attached hydrogens (tertiary/aromatic N) is 1. The van der Waals surface area contributed by atoms with Gasteiger partial charge in [0.15, 0.2) is 0 Å². The molecule has 1 unspecified atom stereocenters. The van der Waals surface area contributed by atoms with Crippen molar-refractivity contribution in [3.63, 3.8) is 0 Å². The molecular formula is C17H21ClF4N2O4. The zero-order valence-electron chi connectivity index (χ0n) is 15.1. The van der Waals surface area contributed by atoms with Gasteiger partial charge in [-0.3, -0.25) is 4.79 Å². The lowest BCUT2D eigenvalue weighted by Gasteiger charge is -2.15. The van der Waals surface area contributed by atoms with Gasteiger partial charge in [0.25, 0.3) is 5.91 Å². The maximum absolute atomic E-state index is 13.3. The van der Waals surface area contributed by atoms with E-state index in [1.807, 2.05) is 0 Å². The van der Waals surface area contributed by atoms with Gasteiger partial charge in [-0.2, -0.15) is 13.2 Å². The van der Waals surface area contributed by atoms with Crippen LogP contribution in [-0.2, 0) is 9.53 Å². The van der Waals surface area contributed by atoms with Gasteiger partial charge < -0.3 is 20.1 Å². The molecule has 0 aliphatic carbocycles. The molecule has 1 atom stereocenters. The zero-order valence-corrected chi connectivity index (χ0v) is 15.8. The van der Waals surface area contributed by atoms with Crippen molar-refractivity contribution in [1.82, 2.24) is 10.2 Å². The molecule has 0 saturated carbocycles. The number of benzene rings is 1. The Morgan fingerprint density at radius 2 is 2.04 bits per heavy atom. The minimum absolute atomic E-state index is 0.0242. The minimum atomic E-state index is -5.08. The van der Waals surface area contributed by atoms with Crippen LogP contribution in [0.4, 0.5) is 17.6 Å². The molecule has 1 aliphatic heterocycles. The van der Waals surface area contributed by atoms with E-state index >= 15 is 0 Å². The fourth-order valence-corrected chi connectivity index (χ4v) is 2.60. The topological polar surface area (TPSA) is 78.9 Å². The average Bonchev–Trinajstić information content (AvgIpc) is 3.07. The number of rotatable bonds is 6. The molecule has 0 spiro atoms. The van der Waals surface area contributed by atoms with Gasteiger partial charge >= 0.3 is 12.1 Å². The van der Waals surface area contributed by atoms with Gasteiger partial charge in [0.05, 0.1) is 11.6 Å². The molecule has 11 heteroatoms. The summed E-state index contributed by atoms with van der Waals surface area (Å²) in [5.74, 6) is -3.16. The summed E-state index contributed by atoms with van der Waals surface area (Å²) in [5.41, 5.74) is 0.297. The highest BCUT2D eigenvalue weighted by molar-refractivity contribution is 6.30. The van der Waals surface area contributed by atoms with E-state index in [1.54, 1.807) is 7.11 Å². The molecule has 1 aromatic rings. The Bertz CT molecular complexity index is 673. The van der Waals surface area contributed by atoms with E-state index in [0.717, 1.165) is 38.7 Å². The molecule has 1 heterocycles. The normalized spacial score (nSPS) is 17.0. The molecular weight excluding hydrogens is 408 g/mol. The zero-order chi connectivity index (χ0) is 21.3. The van der Waals surface area contributed by atoms with Gasteiger partial charge in [-0.25, -0.2) is 9.18 Å². The van der Waals surface area contributed by atoms with E-state index in [4.69, 9.17) is 26.2 Å². The number of hydrogen-bond donors (Lipinski definition) is 2. The Morgan fingerprint density at radius 1 is 1.39 bits per heavy atom. The van der Waals surface area contributed by atoms with Gasteiger partial charge in [0.1, 0.15) is 5.82 Å². The van der Waals surface area contributed by atoms with E-state index < -0.39 is 18.0 Å². The van der Waals surface area contributed by atoms with Gasteiger partial charge in [0.2, 0.25) is 0 Å². The second-order valence-corrected chi connectivity index (χ2v) is 6.50. The third-order valence-corrected chi connectivity index (χ3v) is 4.26. The van der Waals surface area contributed by atoms with Crippen LogP contribution in [0.15, 0.2) is 18.2 Å². The van der Waals surface area contributed by atoms with Crippen molar-refractivity contribution >= 4 is 23.5 Å². The Hall–Kier alpha value is -1.91. The smallest absolute Gasteiger partial charge is 0.475 e. The number of halogens is 5. The predicted molar refractivity (Wildman–Crippen MR) is 93.9 cm³/mol. The van der Waals surface area contributed by atoms with Crippen LogP contribution >= 0.6 is 11.6 Å². The molecule has 0 radical (unpaired) electrons. The average molecular weight is 429 g/mol. The number of alkyl halides is 3. The summed E-state index contributed by atoms with van der Waals surface area (Å²) in [6.45, 7) is 4.23. The van der Waals surface area contributed by atoms with Crippen LogP contribution < -0.4 is 5.32 Å².